The normalized spacial score (nSPS) is 12.4. The Morgan fingerprint density at radius 3 is 2.69 bits per heavy atom. The fraction of sp³-hybridized carbons (Fsp3) is 0.0909. The third kappa shape index (κ3) is 1.90. The van der Waals surface area contributed by atoms with E-state index in [0.717, 1.165) is 6.07 Å². The molecule has 2 aromatic rings. The van der Waals surface area contributed by atoms with Crippen LogP contribution in [0.5, 0.6) is 0 Å². The molecule has 3 nitrogen and oxygen atoms in total. The fourth-order valence-corrected chi connectivity index (χ4v) is 1.35. The fourth-order valence-electron chi connectivity index (χ4n) is 1.35. The molecular weight excluding hydrogens is 214 g/mol. The number of aromatic nitrogens is 2. The monoisotopic (exact) mass is 222 g/mol. The zero-order valence-corrected chi connectivity index (χ0v) is 8.14. The minimum Gasteiger partial charge on any atom is -0.382 e. The molecule has 1 unspecified atom stereocenters. The average molecular weight is 222 g/mol. The second kappa shape index (κ2) is 4.32. The van der Waals surface area contributed by atoms with Crippen molar-refractivity contribution in [3.63, 3.8) is 0 Å². The van der Waals surface area contributed by atoms with Gasteiger partial charge in [0.2, 0.25) is 0 Å². The van der Waals surface area contributed by atoms with Gasteiger partial charge in [-0.1, -0.05) is 12.1 Å². The lowest BCUT2D eigenvalue weighted by Gasteiger charge is -2.10. The van der Waals surface area contributed by atoms with E-state index in [1.165, 1.54) is 30.7 Å². The molecule has 0 aliphatic heterocycles. The number of halogens is 2. The van der Waals surface area contributed by atoms with Crippen molar-refractivity contribution in [2.45, 2.75) is 6.10 Å². The molecule has 5 heteroatoms. The molecular formula is C11H8F2N2O. The first-order chi connectivity index (χ1) is 7.70. The van der Waals surface area contributed by atoms with E-state index >= 15 is 0 Å². The van der Waals surface area contributed by atoms with Gasteiger partial charge >= 0.3 is 0 Å². The van der Waals surface area contributed by atoms with Crippen LogP contribution in [0.15, 0.2) is 36.8 Å². The van der Waals surface area contributed by atoms with Crippen LogP contribution in [0.1, 0.15) is 17.4 Å². The minimum atomic E-state index is -1.29. The molecule has 0 radical (unpaired) electrons. The molecule has 0 saturated heterocycles. The number of nitrogens with zero attached hydrogens (tertiary/aromatic N) is 2. The van der Waals surface area contributed by atoms with Crippen molar-refractivity contribution in [1.29, 1.82) is 0 Å². The Morgan fingerprint density at radius 1 is 1.19 bits per heavy atom. The molecule has 0 fully saturated rings. The van der Waals surface area contributed by atoms with E-state index in [2.05, 4.69) is 9.97 Å². The Kier molecular flexibility index (Phi) is 2.87. The van der Waals surface area contributed by atoms with E-state index in [1.54, 1.807) is 0 Å². The van der Waals surface area contributed by atoms with Crippen molar-refractivity contribution >= 4 is 0 Å². The Labute approximate surface area is 90.4 Å². The molecule has 2 rings (SSSR count). The minimum absolute atomic E-state index is 0.140. The lowest BCUT2D eigenvalue weighted by Crippen LogP contribution is -2.06. The molecule has 1 atom stereocenters. The zero-order chi connectivity index (χ0) is 11.5. The molecule has 82 valence electrons. The predicted octanol–water partition coefficient (Wildman–Crippen LogP) is 1.84. The van der Waals surface area contributed by atoms with Crippen LogP contribution >= 0.6 is 0 Å². The third-order valence-corrected chi connectivity index (χ3v) is 2.16. The Morgan fingerprint density at radius 2 is 2.00 bits per heavy atom. The highest BCUT2D eigenvalue weighted by molar-refractivity contribution is 5.27. The summed E-state index contributed by atoms with van der Waals surface area (Å²) in [5, 5.41) is 9.80. The van der Waals surface area contributed by atoms with Gasteiger partial charge in [-0.15, -0.1) is 0 Å². The maximum atomic E-state index is 13.4. The molecule has 0 amide bonds. The predicted molar refractivity (Wildman–Crippen MR) is 52.5 cm³/mol. The van der Waals surface area contributed by atoms with Crippen LogP contribution in [0, 0.1) is 11.6 Å². The van der Waals surface area contributed by atoms with Crippen LogP contribution < -0.4 is 0 Å². The van der Waals surface area contributed by atoms with E-state index in [9.17, 15) is 13.9 Å². The molecule has 1 heterocycles. The van der Waals surface area contributed by atoms with E-state index < -0.39 is 17.7 Å². The van der Waals surface area contributed by atoms with E-state index in [0.29, 0.717) is 0 Å². The summed E-state index contributed by atoms with van der Waals surface area (Å²) in [6.45, 7) is 0. The van der Waals surface area contributed by atoms with Crippen LogP contribution in [-0.4, -0.2) is 15.1 Å². The summed E-state index contributed by atoms with van der Waals surface area (Å²) in [4.78, 5) is 7.45. The van der Waals surface area contributed by atoms with Gasteiger partial charge in [-0.3, -0.25) is 0 Å². The van der Waals surface area contributed by atoms with Gasteiger partial charge in [-0.05, 0) is 12.1 Å². The summed E-state index contributed by atoms with van der Waals surface area (Å²) in [5.41, 5.74) is 0.0817. The first-order valence-electron chi connectivity index (χ1n) is 4.58. The molecule has 1 aromatic carbocycles. The number of rotatable bonds is 2. The summed E-state index contributed by atoms with van der Waals surface area (Å²) < 4.78 is 26.3. The summed E-state index contributed by atoms with van der Waals surface area (Å²) in [6.07, 6.45) is 1.36. The van der Waals surface area contributed by atoms with Gasteiger partial charge in [-0.25, -0.2) is 18.7 Å². The first kappa shape index (κ1) is 10.6. The number of aliphatic hydroxyl groups is 1. The van der Waals surface area contributed by atoms with Crippen LogP contribution in [0.3, 0.4) is 0 Å². The Bertz CT molecular complexity index is 491. The van der Waals surface area contributed by atoms with Gasteiger partial charge in [0.25, 0.3) is 0 Å². The lowest BCUT2D eigenvalue weighted by atomic mass is 10.1. The van der Waals surface area contributed by atoms with Crippen molar-refractivity contribution in [3.8, 4) is 0 Å². The maximum absolute atomic E-state index is 13.4. The van der Waals surface area contributed by atoms with E-state index in [-0.39, 0.29) is 11.3 Å². The van der Waals surface area contributed by atoms with Gasteiger partial charge in [0.05, 0.1) is 5.69 Å². The molecule has 0 saturated carbocycles. The van der Waals surface area contributed by atoms with Crippen molar-refractivity contribution < 1.29 is 13.9 Å². The van der Waals surface area contributed by atoms with Crippen LogP contribution in [-0.2, 0) is 0 Å². The molecule has 0 spiro atoms. The summed E-state index contributed by atoms with van der Waals surface area (Å²) >= 11 is 0. The molecule has 16 heavy (non-hydrogen) atoms. The van der Waals surface area contributed by atoms with Gasteiger partial charge in [0.1, 0.15) is 12.4 Å². The van der Waals surface area contributed by atoms with Crippen LogP contribution in [0.4, 0.5) is 8.78 Å². The molecule has 0 aliphatic rings. The highest BCUT2D eigenvalue weighted by Crippen LogP contribution is 2.23. The first-order valence-corrected chi connectivity index (χ1v) is 4.58. The lowest BCUT2D eigenvalue weighted by molar-refractivity contribution is 0.208. The number of aliphatic hydroxyl groups excluding tert-OH is 1. The second-order valence-electron chi connectivity index (χ2n) is 3.18. The summed E-state index contributed by atoms with van der Waals surface area (Å²) in [7, 11) is 0. The van der Waals surface area contributed by atoms with Crippen LogP contribution in [0.2, 0.25) is 0 Å². The number of hydrogen-bond acceptors (Lipinski definition) is 3. The van der Waals surface area contributed by atoms with Crippen molar-refractivity contribution in [3.05, 3.63) is 59.7 Å². The molecule has 1 aromatic heterocycles. The van der Waals surface area contributed by atoms with Gasteiger partial charge in [0, 0.05) is 11.8 Å². The molecule has 1 N–H and O–H groups in total. The van der Waals surface area contributed by atoms with Gasteiger partial charge < -0.3 is 5.11 Å². The van der Waals surface area contributed by atoms with E-state index in [1.807, 2.05) is 0 Å². The summed E-state index contributed by atoms with van der Waals surface area (Å²) in [6, 6.07) is 5.07. The highest BCUT2D eigenvalue weighted by atomic mass is 19.2. The molecule has 0 bridgehead atoms. The van der Waals surface area contributed by atoms with Gasteiger partial charge in [0.15, 0.2) is 11.6 Å². The highest BCUT2D eigenvalue weighted by Gasteiger charge is 2.18. The number of benzene rings is 1. The Hall–Kier alpha value is -1.88. The number of hydrogen-bond donors (Lipinski definition) is 1. The quantitative estimate of drug-likeness (QED) is 0.843. The largest absolute Gasteiger partial charge is 0.382 e. The second-order valence-corrected chi connectivity index (χ2v) is 3.18. The third-order valence-electron chi connectivity index (χ3n) is 2.16. The average Bonchev–Trinajstić information content (AvgIpc) is 2.33. The van der Waals surface area contributed by atoms with Crippen molar-refractivity contribution in [2.75, 3.05) is 0 Å². The standard InChI is InChI=1S/C11H8F2N2O/c12-8-3-1-2-7(10(8)13)11(16)9-4-5-14-6-15-9/h1-6,11,16H. The maximum Gasteiger partial charge on any atom is 0.165 e. The summed E-state index contributed by atoms with van der Waals surface area (Å²) in [5.74, 6) is -2.06. The molecule has 0 aliphatic carbocycles. The topological polar surface area (TPSA) is 46.0 Å². The van der Waals surface area contributed by atoms with Crippen molar-refractivity contribution in [2.24, 2.45) is 0 Å². The van der Waals surface area contributed by atoms with Crippen molar-refractivity contribution in [1.82, 2.24) is 9.97 Å². The SMILES string of the molecule is OC(c1ccncn1)c1cccc(F)c1F. The van der Waals surface area contributed by atoms with Gasteiger partial charge in [-0.2, -0.15) is 0 Å². The van der Waals surface area contributed by atoms with Crippen LogP contribution in [0.25, 0.3) is 0 Å². The zero-order valence-electron chi connectivity index (χ0n) is 8.14. The Balaban J connectivity index is 2.42. The smallest absolute Gasteiger partial charge is 0.165 e. The van der Waals surface area contributed by atoms with E-state index in [4.69, 9.17) is 0 Å².